The van der Waals surface area contributed by atoms with Gasteiger partial charge in [-0.2, -0.15) is 0 Å². The number of allylic oxidation sites excluding steroid dienone is 1. The molecule has 154 valence electrons. The molecule has 3 rings (SSSR count). The fourth-order valence-electron chi connectivity index (χ4n) is 3.29. The molecular formula is C21H27N5O2S. The van der Waals surface area contributed by atoms with Crippen molar-refractivity contribution in [2.75, 3.05) is 12.3 Å². The van der Waals surface area contributed by atoms with Crippen molar-refractivity contribution in [2.24, 2.45) is 0 Å². The second kappa shape index (κ2) is 10.8. The molecule has 0 bridgehead atoms. The Balaban J connectivity index is 1.45. The van der Waals surface area contributed by atoms with Gasteiger partial charge in [0.1, 0.15) is 0 Å². The normalized spacial score (nSPS) is 13.6. The highest BCUT2D eigenvalue weighted by Gasteiger charge is 2.15. The molecule has 0 spiro atoms. The van der Waals surface area contributed by atoms with E-state index in [9.17, 15) is 9.59 Å². The predicted molar refractivity (Wildman–Crippen MR) is 115 cm³/mol. The van der Waals surface area contributed by atoms with Gasteiger partial charge in [-0.05, 0) is 39.0 Å². The van der Waals surface area contributed by atoms with Crippen molar-refractivity contribution in [1.82, 2.24) is 25.4 Å². The van der Waals surface area contributed by atoms with Crippen LogP contribution in [0.3, 0.4) is 0 Å². The molecule has 0 aliphatic heterocycles. The molecule has 0 radical (unpaired) electrons. The predicted octanol–water partition coefficient (Wildman–Crippen LogP) is 3.77. The van der Waals surface area contributed by atoms with Gasteiger partial charge in [-0.1, -0.05) is 53.7 Å². The van der Waals surface area contributed by atoms with Crippen LogP contribution >= 0.6 is 11.8 Å². The summed E-state index contributed by atoms with van der Waals surface area (Å²) in [5, 5.41) is 14.3. The molecule has 0 unspecified atom stereocenters. The lowest BCUT2D eigenvalue weighted by Gasteiger charge is -2.13. The number of rotatable bonds is 8. The van der Waals surface area contributed by atoms with Gasteiger partial charge >= 0.3 is 6.03 Å². The molecule has 1 aromatic carbocycles. The molecule has 3 amide bonds. The lowest BCUT2D eigenvalue weighted by atomic mass is 9.97. The SMILES string of the molecule is CCn1c(SCC(=O)NC(=O)NCCC2=CCCCC2)nnc1-c1ccccc1. The van der Waals surface area contributed by atoms with Gasteiger partial charge in [0.25, 0.3) is 0 Å². The van der Waals surface area contributed by atoms with E-state index in [-0.39, 0.29) is 11.7 Å². The molecule has 0 fully saturated rings. The summed E-state index contributed by atoms with van der Waals surface area (Å²) in [6, 6.07) is 9.36. The smallest absolute Gasteiger partial charge is 0.321 e. The number of carbonyl (C=O) groups excluding carboxylic acids is 2. The topological polar surface area (TPSA) is 88.9 Å². The van der Waals surface area contributed by atoms with E-state index < -0.39 is 6.03 Å². The zero-order valence-corrected chi connectivity index (χ0v) is 17.5. The van der Waals surface area contributed by atoms with E-state index in [1.165, 1.54) is 30.2 Å². The number of amides is 3. The van der Waals surface area contributed by atoms with Gasteiger partial charge in [-0.3, -0.25) is 10.1 Å². The van der Waals surface area contributed by atoms with Crippen LogP contribution in [-0.2, 0) is 11.3 Å². The van der Waals surface area contributed by atoms with Crippen molar-refractivity contribution in [3.05, 3.63) is 42.0 Å². The molecule has 7 nitrogen and oxygen atoms in total. The Bertz CT molecular complexity index is 863. The number of nitrogens with one attached hydrogen (secondary N) is 2. The molecule has 0 saturated carbocycles. The van der Waals surface area contributed by atoms with Crippen LogP contribution in [0.2, 0.25) is 0 Å². The zero-order valence-electron chi connectivity index (χ0n) is 16.7. The highest BCUT2D eigenvalue weighted by atomic mass is 32.2. The Morgan fingerprint density at radius 2 is 2.00 bits per heavy atom. The maximum Gasteiger partial charge on any atom is 0.321 e. The fourth-order valence-corrected chi connectivity index (χ4v) is 4.09. The maximum absolute atomic E-state index is 12.1. The summed E-state index contributed by atoms with van der Waals surface area (Å²) < 4.78 is 1.96. The lowest BCUT2D eigenvalue weighted by molar-refractivity contribution is -0.117. The summed E-state index contributed by atoms with van der Waals surface area (Å²) in [4.78, 5) is 24.0. The van der Waals surface area contributed by atoms with Crippen molar-refractivity contribution in [3.8, 4) is 11.4 Å². The van der Waals surface area contributed by atoms with Crippen LogP contribution in [0, 0.1) is 0 Å². The minimum Gasteiger partial charge on any atom is -0.337 e. The third kappa shape index (κ3) is 6.19. The van der Waals surface area contributed by atoms with E-state index in [0.717, 1.165) is 30.7 Å². The maximum atomic E-state index is 12.1. The van der Waals surface area contributed by atoms with Crippen LogP contribution in [0.1, 0.15) is 39.0 Å². The van der Waals surface area contributed by atoms with Crippen LogP contribution in [0.4, 0.5) is 4.79 Å². The minimum atomic E-state index is -0.450. The molecule has 8 heteroatoms. The van der Waals surface area contributed by atoms with E-state index in [1.807, 2.05) is 41.8 Å². The third-order valence-corrected chi connectivity index (χ3v) is 5.73. The highest BCUT2D eigenvalue weighted by molar-refractivity contribution is 7.99. The first kappa shape index (κ1) is 21.1. The van der Waals surface area contributed by atoms with Gasteiger partial charge < -0.3 is 9.88 Å². The van der Waals surface area contributed by atoms with Gasteiger partial charge in [-0.25, -0.2) is 4.79 Å². The Labute approximate surface area is 175 Å². The average molecular weight is 414 g/mol. The van der Waals surface area contributed by atoms with Crippen molar-refractivity contribution in [3.63, 3.8) is 0 Å². The Hall–Kier alpha value is -2.61. The number of thioether (sulfide) groups is 1. The second-order valence-electron chi connectivity index (χ2n) is 6.87. The molecule has 0 saturated heterocycles. The number of urea groups is 1. The number of hydrogen-bond acceptors (Lipinski definition) is 5. The van der Waals surface area contributed by atoms with Crippen LogP contribution in [-0.4, -0.2) is 39.0 Å². The summed E-state index contributed by atoms with van der Waals surface area (Å²) in [5.74, 6) is 0.521. The van der Waals surface area contributed by atoms with Gasteiger partial charge in [0.15, 0.2) is 11.0 Å². The fraction of sp³-hybridized carbons (Fsp3) is 0.429. The van der Waals surface area contributed by atoms with E-state index >= 15 is 0 Å². The molecule has 2 N–H and O–H groups in total. The molecule has 2 aromatic rings. The second-order valence-corrected chi connectivity index (χ2v) is 7.81. The van der Waals surface area contributed by atoms with Crippen molar-refractivity contribution in [1.29, 1.82) is 0 Å². The van der Waals surface area contributed by atoms with Crippen molar-refractivity contribution < 1.29 is 9.59 Å². The van der Waals surface area contributed by atoms with Crippen LogP contribution in [0.15, 0.2) is 47.1 Å². The van der Waals surface area contributed by atoms with Crippen LogP contribution < -0.4 is 10.6 Å². The number of imide groups is 1. The summed E-state index contributed by atoms with van der Waals surface area (Å²) >= 11 is 1.27. The van der Waals surface area contributed by atoms with E-state index in [0.29, 0.717) is 18.2 Å². The Kier molecular flexibility index (Phi) is 7.86. The first-order chi connectivity index (χ1) is 14.2. The highest BCUT2D eigenvalue weighted by Crippen LogP contribution is 2.23. The minimum absolute atomic E-state index is 0.103. The molecule has 0 atom stereocenters. The summed E-state index contributed by atoms with van der Waals surface area (Å²) in [5.41, 5.74) is 2.37. The summed E-state index contributed by atoms with van der Waals surface area (Å²) in [7, 11) is 0. The first-order valence-corrected chi connectivity index (χ1v) is 11.0. The number of aromatic nitrogens is 3. The third-order valence-electron chi connectivity index (χ3n) is 4.77. The van der Waals surface area contributed by atoms with E-state index in [1.54, 1.807) is 0 Å². The number of carbonyl (C=O) groups is 2. The van der Waals surface area contributed by atoms with Crippen LogP contribution in [0.5, 0.6) is 0 Å². The van der Waals surface area contributed by atoms with E-state index in [2.05, 4.69) is 26.9 Å². The van der Waals surface area contributed by atoms with Crippen molar-refractivity contribution in [2.45, 2.75) is 50.7 Å². The van der Waals surface area contributed by atoms with Gasteiger partial charge in [0, 0.05) is 18.7 Å². The Morgan fingerprint density at radius 1 is 1.17 bits per heavy atom. The molecule has 1 heterocycles. The summed E-state index contributed by atoms with van der Waals surface area (Å²) in [6.07, 6.45) is 7.83. The van der Waals surface area contributed by atoms with Gasteiger partial charge in [0.05, 0.1) is 5.75 Å². The van der Waals surface area contributed by atoms with Gasteiger partial charge in [-0.15, -0.1) is 10.2 Å². The molecule has 1 aliphatic carbocycles. The average Bonchev–Trinajstić information content (AvgIpc) is 3.16. The first-order valence-electron chi connectivity index (χ1n) is 10.0. The largest absolute Gasteiger partial charge is 0.337 e. The molecule has 1 aliphatic rings. The van der Waals surface area contributed by atoms with Gasteiger partial charge in [0.2, 0.25) is 5.91 Å². The summed E-state index contributed by atoms with van der Waals surface area (Å²) in [6.45, 7) is 3.25. The molecule has 29 heavy (non-hydrogen) atoms. The standard InChI is InChI=1S/C21H27N5O2S/c1-2-26-19(17-11-7-4-8-12-17)24-25-21(26)29-15-18(27)23-20(28)22-14-13-16-9-5-3-6-10-16/h4,7-9,11-12H,2-3,5-6,10,13-15H2,1H3,(H2,22,23,27,28). The molecule has 1 aromatic heterocycles. The zero-order chi connectivity index (χ0) is 20.5. The molecular weight excluding hydrogens is 386 g/mol. The van der Waals surface area contributed by atoms with E-state index in [4.69, 9.17) is 0 Å². The number of nitrogens with zero attached hydrogens (tertiary/aromatic N) is 3. The number of benzene rings is 1. The van der Waals surface area contributed by atoms with Crippen molar-refractivity contribution >= 4 is 23.7 Å². The quantitative estimate of drug-likeness (QED) is 0.508. The lowest BCUT2D eigenvalue weighted by Crippen LogP contribution is -2.40. The monoisotopic (exact) mass is 413 g/mol. The Morgan fingerprint density at radius 3 is 2.72 bits per heavy atom. The van der Waals surface area contributed by atoms with Crippen LogP contribution in [0.25, 0.3) is 11.4 Å². The number of hydrogen-bond donors (Lipinski definition) is 2.